The second kappa shape index (κ2) is 10.6. The first kappa shape index (κ1) is 23.7. The van der Waals surface area contributed by atoms with E-state index < -0.39 is 6.67 Å². The number of fused-ring (bicyclic) bond motifs is 1. The second-order valence-corrected chi connectivity index (χ2v) is 8.71. The van der Waals surface area contributed by atoms with Gasteiger partial charge in [0, 0.05) is 25.8 Å². The van der Waals surface area contributed by atoms with Crippen LogP contribution in [-0.4, -0.2) is 34.2 Å². The van der Waals surface area contributed by atoms with E-state index in [0.29, 0.717) is 42.2 Å². The van der Waals surface area contributed by atoms with Crippen LogP contribution in [-0.2, 0) is 24.6 Å². The molecule has 1 atom stereocenters. The lowest BCUT2D eigenvalue weighted by molar-refractivity contribution is 0.0635. The lowest BCUT2D eigenvalue weighted by atomic mass is 10.0. The summed E-state index contributed by atoms with van der Waals surface area (Å²) in [7, 11) is 1.61. The van der Waals surface area contributed by atoms with Gasteiger partial charge in [-0.2, -0.15) is 10.4 Å². The molecular weight excluding hydrogens is 431 g/mol. The highest BCUT2D eigenvalue weighted by Crippen LogP contribution is 2.32. The van der Waals surface area contributed by atoms with E-state index in [9.17, 15) is 9.18 Å². The van der Waals surface area contributed by atoms with Crippen molar-refractivity contribution in [1.82, 2.24) is 14.7 Å². The fourth-order valence-electron chi connectivity index (χ4n) is 4.49. The lowest BCUT2D eigenvalue weighted by Crippen LogP contribution is -2.42. The summed E-state index contributed by atoms with van der Waals surface area (Å²) < 4.78 is 20.4. The highest BCUT2D eigenvalue weighted by molar-refractivity contribution is 5.94. The fraction of sp³-hybridized carbons (Fsp3) is 0.370. The molecule has 3 aromatic rings. The molecule has 2 aromatic carbocycles. The minimum atomic E-state index is -0.543. The predicted octanol–water partition coefficient (Wildman–Crippen LogP) is 5.42. The zero-order chi connectivity index (χ0) is 24.1. The molecule has 6 nitrogen and oxygen atoms in total. The van der Waals surface area contributed by atoms with E-state index in [1.54, 1.807) is 31.4 Å². The Morgan fingerprint density at radius 1 is 1.18 bits per heavy atom. The Morgan fingerprint density at radius 2 is 1.94 bits per heavy atom. The van der Waals surface area contributed by atoms with Gasteiger partial charge in [-0.15, -0.1) is 0 Å². The maximum Gasteiger partial charge on any atom is 0.272 e. The van der Waals surface area contributed by atoms with Crippen LogP contribution in [0.2, 0.25) is 0 Å². The highest BCUT2D eigenvalue weighted by atomic mass is 19.1. The first-order valence-corrected chi connectivity index (χ1v) is 11.6. The van der Waals surface area contributed by atoms with Crippen LogP contribution in [0, 0.1) is 11.3 Å². The van der Waals surface area contributed by atoms with Crippen molar-refractivity contribution in [3.05, 3.63) is 76.5 Å². The van der Waals surface area contributed by atoms with E-state index in [2.05, 4.69) is 13.0 Å². The Morgan fingerprint density at radius 3 is 2.62 bits per heavy atom. The van der Waals surface area contributed by atoms with Crippen molar-refractivity contribution in [1.29, 1.82) is 5.26 Å². The molecule has 7 heteroatoms. The molecule has 34 heavy (non-hydrogen) atoms. The van der Waals surface area contributed by atoms with Crippen LogP contribution in [0.4, 0.5) is 4.39 Å². The van der Waals surface area contributed by atoms with Crippen LogP contribution < -0.4 is 0 Å². The summed E-state index contributed by atoms with van der Waals surface area (Å²) in [6.45, 7) is 3.01. The number of hydrogen-bond donors (Lipinski definition) is 0. The Bertz CT molecular complexity index is 1200. The smallest absolute Gasteiger partial charge is 0.272 e. The summed E-state index contributed by atoms with van der Waals surface area (Å²) in [4.78, 5) is 15.3. The molecule has 0 saturated carbocycles. The van der Waals surface area contributed by atoms with Crippen LogP contribution in [0.15, 0.2) is 48.5 Å². The van der Waals surface area contributed by atoms with Gasteiger partial charge in [-0.05, 0) is 41.3 Å². The molecule has 0 fully saturated rings. The van der Waals surface area contributed by atoms with Crippen LogP contribution in [0.5, 0.6) is 0 Å². The molecule has 0 radical (unpaired) electrons. The van der Waals surface area contributed by atoms with E-state index in [1.807, 2.05) is 33.8 Å². The van der Waals surface area contributed by atoms with Crippen molar-refractivity contribution in [2.75, 3.05) is 13.7 Å². The Kier molecular flexibility index (Phi) is 7.39. The quantitative estimate of drug-likeness (QED) is 0.427. The van der Waals surface area contributed by atoms with E-state index in [1.165, 1.54) is 0 Å². The van der Waals surface area contributed by atoms with Crippen molar-refractivity contribution in [3.8, 4) is 17.3 Å². The number of carbonyl (C=O) groups is 1. The number of nitriles is 1. The number of unbranched alkanes of at least 4 members (excludes halogenated alkanes) is 1. The third-order valence-corrected chi connectivity index (χ3v) is 6.27. The van der Waals surface area contributed by atoms with Gasteiger partial charge in [0.2, 0.25) is 0 Å². The molecule has 1 amide bonds. The minimum absolute atomic E-state index is 0.0653. The number of rotatable bonds is 9. The Labute approximate surface area is 199 Å². The van der Waals surface area contributed by atoms with E-state index in [4.69, 9.17) is 15.1 Å². The topological polar surface area (TPSA) is 71.2 Å². The molecule has 0 spiro atoms. The van der Waals surface area contributed by atoms with Crippen LogP contribution in [0.25, 0.3) is 11.3 Å². The number of methoxy groups -OCH3 is 1. The molecule has 0 saturated heterocycles. The monoisotopic (exact) mass is 460 g/mol. The molecule has 0 bridgehead atoms. The Balaban J connectivity index is 1.69. The predicted molar refractivity (Wildman–Crippen MR) is 128 cm³/mol. The molecule has 1 aliphatic heterocycles. The second-order valence-electron chi connectivity index (χ2n) is 8.71. The summed E-state index contributed by atoms with van der Waals surface area (Å²) in [5.41, 5.74) is 5.13. The lowest BCUT2D eigenvalue weighted by Gasteiger charge is -2.33. The van der Waals surface area contributed by atoms with E-state index in [0.717, 1.165) is 36.0 Å². The molecule has 0 N–H and O–H groups in total. The number of aromatic nitrogens is 2. The maximum atomic E-state index is 13.5. The minimum Gasteiger partial charge on any atom is -0.380 e. The van der Waals surface area contributed by atoms with Gasteiger partial charge in [-0.1, -0.05) is 50.1 Å². The molecule has 1 aliphatic rings. The van der Waals surface area contributed by atoms with Crippen LogP contribution in [0.1, 0.15) is 65.0 Å². The standard InChI is InChI=1S/C27H29FN4O2/c1-3-4-5-23-17-31(16-20-8-6-19(15-29)7-9-20)27(33)26-13-25(30-32(23)26)24-11-10-21(14-28)12-22(24)18-34-2/h6-13,23H,3-5,14,16-18H2,1-2H3. The number of alkyl halides is 1. The summed E-state index contributed by atoms with van der Waals surface area (Å²) in [6.07, 6.45) is 3.03. The highest BCUT2D eigenvalue weighted by Gasteiger charge is 2.33. The molecule has 2 heterocycles. The van der Waals surface area contributed by atoms with Gasteiger partial charge in [0.1, 0.15) is 12.4 Å². The maximum absolute atomic E-state index is 13.5. The first-order chi connectivity index (χ1) is 16.6. The zero-order valence-corrected chi connectivity index (χ0v) is 19.6. The van der Waals surface area contributed by atoms with E-state index in [-0.39, 0.29) is 11.9 Å². The molecule has 1 aromatic heterocycles. The summed E-state index contributed by atoms with van der Waals surface area (Å²) in [6, 6.07) is 16.8. The summed E-state index contributed by atoms with van der Waals surface area (Å²) in [5, 5.41) is 13.9. The van der Waals surface area contributed by atoms with Crippen molar-refractivity contribution < 1.29 is 13.9 Å². The first-order valence-electron chi connectivity index (χ1n) is 11.6. The normalized spacial score (nSPS) is 15.3. The van der Waals surface area contributed by atoms with Crippen LogP contribution >= 0.6 is 0 Å². The zero-order valence-electron chi connectivity index (χ0n) is 19.6. The Hall–Kier alpha value is -3.50. The number of amides is 1. The molecular formula is C27H29FN4O2. The number of carbonyl (C=O) groups excluding carboxylic acids is 1. The van der Waals surface area contributed by atoms with Crippen molar-refractivity contribution >= 4 is 5.91 Å². The molecule has 0 aliphatic carbocycles. The number of halogens is 1. The average molecular weight is 461 g/mol. The summed E-state index contributed by atoms with van der Waals surface area (Å²) >= 11 is 0. The number of nitrogens with zero attached hydrogens (tertiary/aromatic N) is 4. The number of hydrogen-bond acceptors (Lipinski definition) is 4. The van der Waals surface area contributed by atoms with Crippen molar-refractivity contribution in [2.45, 2.75) is 52.1 Å². The van der Waals surface area contributed by atoms with Crippen molar-refractivity contribution in [3.63, 3.8) is 0 Å². The van der Waals surface area contributed by atoms with Crippen molar-refractivity contribution in [2.24, 2.45) is 0 Å². The average Bonchev–Trinajstić information content (AvgIpc) is 3.31. The largest absolute Gasteiger partial charge is 0.380 e. The third kappa shape index (κ3) is 4.87. The number of ether oxygens (including phenoxy) is 1. The SMILES string of the molecule is CCCCC1CN(Cc2ccc(C#N)cc2)C(=O)c2cc(-c3ccc(CF)cc3COC)nn21. The van der Waals surface area contributed by atoms with Gasteiger partial charge >= 0.3 is 0 Å². The van der Waals surface area contributed by atoms with Gasteiger partial charge < -0.3 is 9.64 Å². The van der Waals surface area contributed by atoms with Gasteiger partial charge in [-0.3, -0.25) is 9.48 Å². The van der Waals surface area contributed by atoms with E-state index >= 15 is 0 Å². The van der Waals surface area contributed by atoms with Crippen LogP contribution in [0.3, 0.4) is 0 Å². The summed E-state index contributed by atoms with van der Waals surface area (Å²) in [5.74, 6) is -0.0653. The van der Waals surface area contributed by atoms with Gasteiger partial charge in [0.05, 0.1) is 30.0 Å². The molecule has 176 valence electrons. The van der Waals surface area contributed by atoms with Gasteiger partial charge in [0.25, 0.3) is 5.91 Å². The fourth-order valence-corrected chi connectivity index (χ4v) is 4.49. The third-order valence-electron chi connectivity index (χ3n) is 6.27. The molecule has 4 rings (SSSR count). The molecule has 1 unspecified atom stereocenters. The number of benzene rings is 2. The van der Waals surface area contributed by atoms with Gasteiger partial charge in [-0.25, -0.2) is 4.39 Å². The van der Waals surface area contributed by atoms with Gasteiger partial charge in [0.15, 0.2) is 0 Å².